The number of carbonyl (C=O) groups is 1. The van der Waals surface area contributed by atoms with Crippen LogP contribution in [0.4, 0.5) is 4.79 Å². The molecule has 0 saturated carbocycles. The van der Waals surface area contributed by atoms with Crippen molar-refractivity contribution in [2.24, 2.45) is 5.92 Å². The lowest BCUT2D eigenvalue weighted by Gasteiger charge is -2.37. The van der Waals surface area contributed by atoms with Crippen molar-refractivity contribution in [2.45, 2.75) is 18.8 Å². The molecule has 0 bridgehead atoms. The summed E-state index contributed by atoms with van der Waals surface area (Å²) in [6.07, 6.45) is -2.64. The Labute approximate surface area is 117 Å². The molecule has 1 amide bonds. The average Bonchev–Trinajstić information content (AvgIpc) is 2.48. The van der Waals surface area contributed by atoms with Crippen molar-refractivity contribution in [3.8, 4) is 0 Å². The molecule has 1 saturated heterocycles. The van der Waals surface area contributed by atoms with E-state index in [1.165, 1.54) is 4.90 Å². The van der Waals surface area contributed by atoms with Gasteiger partial charge >= 0.3 is 6.09 Å². The van der Waals surface area contributed by atoms with Gasteiger partial charge in [0.25, 0.3) is 0 Å². The van der Waals surface area contributed by atoms with E-state index >= 15 is 0 Å². The van der Waals surface area contributed by atoms with Crippen LogP contribution < -0.4 is 0 Å². The Bertz CT molecular complexity index is 438. The summed E-state index contributed by atoms with van der Waals surface area (Å²) in [4.78, 5) is 13.2. The predicted octanol–water partition coefficient (Wildman–Crippen LogP) is -0.0309. The number of rotatable bonds is 3. The fraction of sp³-hybridized carbons (Fsp3) is 0.500. The highest BCUT2D eigenvalue weighted by molar-refractivity contribution is 5.67. The van der Waals surface area contributed by atoms with E-state index in [9.17, 15) is 15.0 Å². The van der Waals surface area contributed by atoms with Crippen molar-refractivity contribution in [3.05, 3.63) is 35.9 Å². The molecule has 1 aliphatic rings. The molecule has 1 heterocycles. The first-order chi connectivity index (χ1) is 9.61. The van der Waals surface area contributed by atoms with E-state index in [4.69, 9.17) is 9.84 Å². The molecule has 3 N–H and O–H groups in total. The van der Waals surface area contributed by atoms with Gasteiger partial charge in [-0.2, -0.15) is 0 Å². The normalized spacial score (nSPS) is 26.4. The van der Waals surface area contributed by atoms with Crippen LogP contribution in [0.2, 0.25) is 0 Å². The van der Waals surface area contributed by atoms with E-state index in [1.54, 1.807) is 0 Å². The maximum atomic E-state index is 11.9. The molecule has 6 heteroatoms. The predicted molar refractivity (Wildman–Crippen MR) is 70.8 cm³/mol. The number of nitrogens with zero attached hydrogens (tertiary/aromatic N) is 1. The fourth-order valence-corrected chi connectivity index (χ4v) is 2.24. The summed E-state index contributed by atoms with van der Waals surface area (Å²) in [5.41, 5.74) is 0.872. The summed E-state index contributed by atoms with van der Waals surface area (Å²) >= 11 is 0. The zero-order valence-electron chi connectivity index (χ0n) is 11.1. The highest BCUT2D eigenvalue weighted by Gasteiger charge is 2.36. The zero-order chi connectivity index (χ0) is 14.5. The van der Waals surface area contributed by atoms with E-state index < -0.39 is 24.2 Å². The molecular weight excluding hydrogens is 262 g/mol. The van der Waals surface area contributed by atoms with Gasteiger partial charge in [-0.05, 0) is 5.56 Å². The molecule has 110 valence electrons. The van der Waals surface area contributed by atoms with E-state index in [0.717, 1.165) is 5.56 Å². The Morgan fingerprint density at radius 1 is 1.25 bits per heavy atom. The third-order valence-corrected chi connectivity index (χ3v) is 3.44. The van der Waals surface area contributed by atoms with E-state index in [-0.39, 0.29) is 26.3 Å². The molecule has 2 rings (SSSR count). The molecule has 0 spiro atoms. The number of β-amino-alcohol motifs (C(OH)–C–C–N with tert-alkyl or cyclic N) is 1. The third-order valence-electron chi connectivity index (χ3n) is 3.44. The third kappa shape index (κ3) is 3.47. The van der Waals surface area contributed by atoms with Gasteiger partial charge < -0.3 is 25.0 Å². The lowest BCUT2D eigenvalue weighted by atomic mass is 9.93. The molecular formula is C14H19NO5. The number of carbonyl (C=O) groups excluding carboxylic acids is 1. The number of amides is 1. The molecule has 0 aromatic heterocycles. The van der Waals surface area contributed by atoms with Crippen LogP contribution in [0.3, 0.4) is 0 Å². The van der Waals surface area contributed by atoms with E-state index in [1.807, 2.05) is 30.3 Å². The van der Waals surface area contributed by atoms with Crippen LogP contribution in [0.5, 0.6) is 0 Å². The zero-order valence-corrected chi connectivity index (χ0v) is 11.1. The van der Waals surface area contributed by atoms with Crippen molar-refractivity contribution < 1.29 is 24.9 Å². The second-order valence-electron chi connectivity index (χ2n) is 4.95. The van der Waals surface area contributed by atoms with Crippen molar-refractivity contribution in [3.63, 3.8) is 0 Å². The highest BCUT2D eigenvalue weighted by atomic mass is 16.6. The second-order valence-corrected chi connectivity index (χ2v) is 4.95. The standard InChI is InChI=1S/C14H19NO5/c16-8-11-6-15(7-12(17)13(11)18)14(19)20-9-10-4-2-1-3-5-10/h1-5,11-13,16-18H,6-9H2/t11-,12-,13-/m1/s1. The number of benzene rings is 1. The summed E-state index contributed by atoms with van der Waals surface area (Å²) in [5.74, 6) is -0.553. The van der Waals surface area contributed by atoms with Crippen molar-refractivity contribution in [1.82, 2.24) is 4.90 Å². The SMILES string of the molecule is O=C(OCc1ccccc1)N1C[C@H](CO)[C@@H](O)[C@H](O)C1. The van der Waals surface area contributed by atoms with Crippen LogP contribution >= 0.6 is 0 Å². The topological polar surface area (TPSA) is 90.2 Å². The fourth-order valence-electron chi connectivity index (χ4n) is 2.24. The summed E-state index contributed by atoms with van der Waals surface area (Å²) < 4.78 is 5.16. The van der Waals surface area contributed by atoms with E-state index in [2.05, 4.69) is 0 Å². The molecule has 6 nitrogen and oxygen atoms in total. The molecule has 1 aromatic rings. The number of aliphatic hydroxyl groups excluding tert-OH is 3. The summed E-state index contributed by atoms with van der Waals surface area (Å²) in [6, 6.07) is 9.27. The summed E-state index contributed by atoms with van der Waals surface area (Å²) in [7, 11) is 0. The van der Waals surface area contributed by atoms with Gasteiger partial charge in [0.15, 0.2) is 0 Å². The van der Waals surface area contributed by atoms with Crippen LogP contribution in [0.1, 0.15) is 5.56 Å². The van der Waals surface area contributed by atoms with Gasteiger partial charge in [-0.3, -0.25) is 0 Å². The molecule has 1 aromatic carbocycles. The number of piperidine rings is 1. The quantitative estimate of drug-likeness (QED) is 0.724. The average molecular weight is 281 g/mol. The Hall–Kier alpha value is -1.63. The van der Waals surface area contributed by atoms with Crippen molar-refractivity contribution in [1.29, 1.82) is 0 Å². The largest absolute Gasteiger partial charge is 0.445 e. The number of aliphatic hydroxyl groups is 3. The number of ether oxygens (including phenoxy) is 1. The Morgan fingerprint density at radius 2 is 1.95 bits per heavy atom. The molecule has 3 atom stereocenters. The van der Waals surface area contributed by atoms with Crippen LogP contribution in [0.25, 0.3) is 0 Å². The lowest BCUT2D eigenvalue weighted by molar-refractivity contribution is -0.0822. The van der Waals surface area contributed by atoms with Crippen LogP contribution in [-0.4, -0.2) is 58.2 Å². The first kappa shape index (κ1) is 14.8. The summed E-state index contributed by atoms with van der Waals surface area (Å²) in [5, 5.41) is 28.5. The summed E-state index contributed by atoms with van der Waals surface area (Å²) in [6.45, 7) is 0.0347. The minimum atomic E-state index is -1.06. The van der Waals surface area contributed by atoms with Crippen LogP contribution in [0, 0.1) is 5.92 Å². The monoisotopic (exact) mass is 281 g/mol. The maximum absolute atomic E-state index is 11.9. The molecule has 1 aliphatic heterocycles. The molecule has 0 aliphatic carbocycles. The van der Waals surface area contributed by atoms with Gasteiger partial charge in [-0.25, -0.2) is 4.79 Å². The van der Waals surface area contributed by atoms with E-state index in [0.29, 0.717) is 0 Å². The Morgan fingerprint density at radius 3 is 2.60 bits per heavy atom. The number of hydrogen-bond donors (Lipinski definition) is 3. The van der Waals surface area contributed by atoms with Crippen LogP contribution in [-0.2, 0) is 11.3 Å². The first-order valence-electron chi connectivity index (χ1n) is 6.54. The Kier molecular flexibility index (Phi) is 4.94. The van der Waals surface area contributed by atoms with Gasteiger partial charge in [0.1, 0.15) is 6.61 Å². The number of likely N-dealkylation sites (tertiary alicyclic amines) is 1. The first-order valence-corrected chi connectivity index (χ1v) is 6.54. The highest BCUT2D eigenvalue weighted by Crippen LogP contribution is 2.18. The molecule has 1 fully saturated rings. The van der Waals surface area contributed by atoms with Gasteiger partial charge in [0, 0.05) is 12.5 Å². The van der Waals surface area contributed by atoms with Gasteiger partial charge in [0.2, 0.25) is 0 Å². The minimum absolute atomic E-state index is 0.00525. The molecule has 0 unspecified atom stereocenters. The molecule has 0 radical (unpaired) electrons. The number of hydrogen-bond acceptors (Lipinski definition) is 5. The van der Waals surface area contributed by atoms with Gasteiger partial charge in [-0.15, -0.1) is 0 Å². The van der Waals surface area contributed by atoms with Crippen molar-refractivity contribution >= 4 is 6.09 Å². The van der Waals surface area contributed by atoms with Gasteiger partial charge in [0.05, 0.1) is 25.4 Å². The maximum Gasteiger partial charge on any atom is 0.410 e. The molecule has 20 heavy (non-hydrogen) atoms. The van der Waals surface area contributed by atoms with Gasteiger partial charge in [-0.1, -0.05) is 30.3 Å². The smallest absolute Gasteiger partial charge is 0.410 e. The minimum Gasteiger partial charge on any atom is -0.445 e. The van der Waals surface area contributed by atoms with Crippen molar-refractivity contribution in [2.75, 3.05) is 19.7 Å². The van der Waals surface area contributed by atoms with Crippen LogP contribution in [0.15, 0.2) is 30.3 Å². The second kappa shape index (κ2) is 6.69. The lowest BCUT2D eigenvalue weighted by Crippen LogP contribution is -2.55. The Balaban J connectivity index is 1.89.